The van der Waals surface area contributed by atoms with Crippen molar-refractivity contribution in [2.75, 3.05) is 17.7 Å². The van der Waals surface area contributed by atoms with E-state index in [-0.39, 0.29) is 11.4 Å². The fraction of sp³-hybridized carbons (Fsp3) is 0.333. The number of nitrogens with one attached hydrogen (secondary N) is 1. The number of fused-ring (bicyclic) bond motifs is 1. The van der Waals surface area contributed by atoms with Gasteiger partial charge in [0.25, 0.3) is 0 Å². The van der Waals surface area contributed by atoms with E-state index in [1.807, 2.05) is 53.1 Å². The topological polar surface area (TPSA) is 142 Å². The van der Waals surface area contributed by atoms with E-state index in [1.165, 1.54) is 6.07 Å². The number of para-hydroxylation sites is 3. The van der Waals surface area contributed by atoms with Gasteiger partial charge in [0.1, 0.15) is 17.2 Å². The van der Waals surface area contributed by atoms with Gasteiger partial charge in [-0.3, -0.25) is 5.32 Å². The maximum absolute atomic E-state index is 12.3. The molecule has 0 atom stereocenters. The van der Waals surface area contributed by atoms with Gasteiger partial charge < -0.3 is 24.9 Å². The Balaban J connectivity index is 1.44. The first-order chi connectivity index (χ1) is 19.0. The number of aryl methyl sites for hydroxylation is 1. The SMILES string of the molecule is Cc1c(C(=O)O)cc(NC(=O)OC(C)(C)C)nc1-c1ccccc1OCCCCCn1c(N)nc2ccccc21. The molecule has 0 saturated heterocycles. The predicted molar refractivity (Wildman–Crippen MR) is 155 cm³/mol. The van der Waals surface area contributed by atoms with Crippen LogP contribution in [0.25, 0.3) is 22.3 Å². The first kappa shape index (κ1) is 28.4. The van der Waals surface area contributed by atoms with Gasteiger partial charge >= 0.3 is 12.1 Å². The maximum Gasteiger partial charge on any atom is 0.413 e. The second-order valence-corrected chi connectivity index (χ2v) is 10.5. The first-order valence-electron chi connectivity index (χ1n) is 13.2. The number of ether oxygens (including phenoxy) is 2. The van der Waals surface area contributed by atoms with Gasteiger partial charge in [-0.15, -0.1) is 0 Å². The highest BCUT2D eigenvalue weighted by Gasteiger charge is 2.21. The number of hydrogen-bond donors (Lipinski definition) is 3. The summed E-state index contributed by atoms with van der Waals surface area (Å²) in [7, 11) is 0. The number of imidazole rings is 1. The standard InChI is InChI=1S/C30H35N5O5/c1-19-21(27(36)37)18-25(34-29(38)40-30(2,3)4)33-26(19)20-12-6-9-15-24(20)39-17-11-5-10-16-35-23-14-8-7-13-22(23)32-28(35)31/h6-9,12-15,18H,5,10-11,16-17H2,1-4H3,(H2,31,32)(H,36,37)(H,33,34,38). The molecule has 10 heteroatoms. The van der Waals surface area contributed by atoms with Crippen LogP contribution in [0.5, 0.6) is 5.75 Å². The smallest absolute Gasteiger partial charge is 0.413 e. The highest BCUT2D eigenvalue weighted by atomic mass is 16.6. The summed E-state index contributed by atoms with van der Waals surface area (Å²) < 4.78 is 13.5. The molecule has 4 N–H and O–H groups in total. The van der Waals surface area contributed by atoms with Crippen LogP contribution >= 0.6 is 0 Å². The van der Waals surface area contributed by atoms with Crippen LogP contribution in [-0.2, 0) is 11.3 Å². The molecule has 0 unspecified atom stereocenters. The predicted octanol–water partition coefficient (Wildman–Crippen LogP) is 6.28. The van der Waals surface area contributed by atoms with Crippen LogP contribution < -0.4 is 15.8 Å². The Morgan fingerprint density at radius 2 is 1.75 bits per heavy atom. The van der Waals surface area contributed by atoms with Crippen LogP contribution in [0.1, 0.15) is 56.0 Å². The first-order valence-corrected chi connectivity index (χ1v) is 13.2. The lowest BCUT2D eigenvalue weighted by Gasteiger charge is -2.20. The number of aromatic nitrogens is 3. The number of rotatable bonds is 10. The highest BCUT2D eigenvalue weighted by molar-refractivity contribution is 5.94. The minimum Gasteiger partial charge on any atom is -0.493 e. The minimum atomic E-state index is -1.13. The normalized spacial score (nSPS) is 11.4. The van der Waals surface area contributed by atoms with Gasteiger partial charge in [-0.05, 0) is 82.9 Å². The summed E-state index contributed by atoms with van der Waals surface area (Å²) in [5.74, 6) is 0.0403. The number of aromatic carboxylic acids is 1. The zero-order chi connectivity index (χ0) is 28.9. The molecule has 0 aliphatic carbocycles. The number of amides is 1. The third-order valence-corrected chi connectivity index (χ3v) is 6.24. The molecule has 10 nitrogen and oxygen atoms in total. The molecule has 0 saturated carbocycles. The Bertz CT molecular complexity index is 1520. The molecule has 0 fully saturated rings. The van der Waals surface area contributed by atoms with Gasteiger partial charge in [-0.2, -0.15) is 0 Å². The molecule has 0 radical (unpaired) electrons. The largest absolute Gasteiger partial charge is 0.493 e. The zero-order valence-electron chi connectivity index (χ0n) is 23.2. The maximum atomic E-state index is 12.3. The summed E-state index contributed by atoms with van der Waals surface area (Å²) in [4.78, 5) is 33.3. The van der Waals surface area contributed by atoms with Crippen molar-refractivity contribution < 1.29 is 24.2 Å². The number of carboxylic acids is 1. The van der Waals surface area contributed by atoms with Crippen LogP contribution in [0.15, 0.2) is 54.6 Å². The lowest BCUT2D eigenvalue weighted by atomic mass is 10.0. The number of anilines is 2. The van der Waals surface area contributed by atoms with Gasteiger partial charge in [0.05, 0.1) is 28.9 Å². The molecule has 0 aliphatic rings. The quantitative estimate of drug-likeness (QED) is 0.198. The third-order valence-electron chi connectivity index (χ3n) is 6.24. The molecule has 40 heavy (non-hydrogen) atoms. The fourth-order valence-corrected chi connectivity index (χ4v) is 4.41. The Morgan fingerprint density at radius 1 is 1.02 bits per heavy atom. The molecule has 4 rings (SSSR count). The van der Waals surface area contributed by atoms with Crippen LogP contribution in [0.2, 0.25) is 0 Å². The molecular weight excluding hydrogens is 510 g/mol. The van der Waals surface area contributed by atoms with E-state index < -0.39 is 17.7 Å². The number of hydrogen-bond acceptors (Lipinski definition) is 7. The zero-order valence-corrected chi connectivity index (χ0v) is 23.2. The van der Waals surface area contributed by atoms with Crippen molar-refractivity contribution in [2.45, 2.75) is 59.1 Å². The Morgan fingerprint density at radius 3 is 2.50 bits per heavy atom. The second-order valence-electron chi connectivity index (χ2n) is 10.5. The molecule has 0 aliphatic heterocycles. The van der Waals surface area contributed by atoms with E-state index in [9.17, 15) is 14.7 Å². The van der Waals surface area contributed by atoms with Gasteiger partial charge in [-0.25, -0.2) is 19.6 Å². The van der Waals surface area contributed by atoms with Gasteiger partial charge in [0, 0.05) is 12.1 Å². The minimum absolute atomic E-state index is 0.0251. The number of nitrogens with two attached hydrogens (primary N) is 1. The van der Waals surface area contributed by atoms with Crippen LogP contribution in [0, 0.1) is 6.92 Å². The lowest BCUT2D eigenvalue weighted by Crippen LogP contribution is -2.27. The number of carbonyl (C=O) groups is 2. The molecule has 2 heterocycles. The van der Waals surface area contributed by atoms with E-state index >= 15 is 0 Å². The van der Waals surface area contributed by atoms with Crippen molar-refractivity contribution >= 4 is 34.9 Å². The number of nitrogens with zero attached hydrogens (tertiary/aromatic N) is 3. The van der Waals surface area contributed by atoms with Crippen molar-refractivity contribution in [2.24, 2.45) is 0 Å². The number of carbonyl (C=O) groups excluding carboxylic acids is 1. The number of nitrogen functional groups attached to an aromatic ring is 1. The summed E-state index contributed by atoms with van der Waals surface area (Å²) in [6.07, 6.45) is 1.93. The summed E-state index contributed by atoms with van der Waals surface area (Å²) in [6.45, 7) is 8.15. The van der Waals surface area contributed by atoms with Gasteiger partial charge in [-0.1, -0.05) is 24.3 Å². The highest BCUT2D eigenvalue weighted by Crippen LogP contribution is 2.34. The molecule has 1 amide bonds. The van der Waals surface area contributed by atoms with Crippen molar-refractivity contribution in [3.8, 4) is 17.0 Å². The number of carboxylic acid groups (broad SMARTS) is 1. The number of unbranched alkanes of at least 4 members (excludes halogenated alkanes) is 2. The molecule has 2 aromatic carbocycles. The van der Waals surface area contributed by atoms with Crippen molar-refractivity contribution in [3.63, 3.8) is 0 Å². The average Bonchev–Trinajstić information content (AvgIpc) is 3.20. The van der Waals surface area contributed by atoms with Crippen molar-refractivity contribution in [1.82, 2.24) is 14.5 Å². The van der Waals surface area contributed by atoms with Gasteiger partial charge in [0.15, 0.2) is 0 Å². The van der Waals surface area contributed by atoms with Crippen LogP contribution in [0.4, 0.5) is 16.6 Å². The molecule has 0 bridgehead atoms. The average molecular weight is 546 g/mol. The van der Waals surface area contributed by atoms with Crippen LogP contribution in [0.3, 0.4) is 0 Å². The Labute approximate surface area is 233 Å². The van der Waals surface area contributed by atoms with E-state index in [2.05, 4.69) is 15.3 Å². The summed E-state index contributed by atoms with van der Waals surface area (Å²) in [5, 5.41) is 12.4. The molecule has 2 aromatic heterocycles. The lowest BCUT2D eigenvalue weighted by molar-refractivity contribution is 0.0632. The van der Waals surface area contributed by atoms with E-state index in [0.29, 0.717) is 35.1 Å². The van der Waals surface area contributed by atoms with Crippen LogP contribution in [-0.4, -0.2) is 43.9 Å². The third kappa shape index (κ3) is 6.88. The summed E-state index contributed by atoms with van der Waals surface area (Å²) in [6, 6.07) is 16.5. The molecular formula is C30H35N5O5. The van der Waals surface area contributed by atoms with Crippen molar-refractivity contribution in [1.29, 1.82) is 0 Å². The van der Waals surface area contributed by atoms with E-state index in [4.69, 9.17) is 15.2 Å². The molecule has 0 spiro atoms. The van der Waals surface area contributed by atoms with Gasteiger partial charge in [0.2, 0.25) is 5.95 Å². The second kappa shape index (κ2) is 12.1. The number of pyridine rings is 1. The van der Waals surface area contributed by atoms with E-state index in [1.54, 1.807) is 27.7 Å². The summed E-state index contributed by atoms with van der Waals surface area (Å²) >= 11 is 0. The fourth-order valence-electron chi connectivity index (χ4n) is 4.41. The monoisotopic (exact) mass is 545 g/mol. The Kier molecular flexibility index (Phi) is 8.57. The Hall–Kier alpha value is -4.60. The molecule has 4 aromatic rings. The number of benzene rings is 2. The van der Waals surface area contributed by atoms with E-state index in [0.717, 1.165) is 36.8 Å². The summed E-state index contributed by atoms with van der Waals surface area (Å²) in [5.41, 5.74) is 8.83. The molecule has 210 valence electrons. The van der Waals surface area contributed by atoms with Crippen molar-refractivity contribution in [3.05, 3.63) is 65.7 Å².